The van der Waals surface area contributed by atoms with Gasteiger partial charge in [0.25, 0.3) is 0 Å². The van der Waals surface area contributed by atoms with Gasteiger partial charge in [0.1, 0.15) is 12.0 Å². The van der Waals surface area contributed by atoms with E-state index in [1.165, 1.54) is 12.8 Å². The Bertz CT molecular complexity index is 581. The van der Waals surface area contributed by atoms with Crippen molar-refractivity contribution in [3.05, 3.63) is 35.9 Å². The van der Waals surface area contributed by atoms with E-state index in [1.54, 1.807) is 0 Å². The Morgan fingerprint density at radius 2 is 1.77 bits per heavy atom. The van der Waals surface area contributed by atoms with Gasteiger partial charge < -0.3 is 25.6 Å². The standard InChI is InChI=1S/C17H23NO3.C2H5NO2/c1-18-13-7-8-14(18)10-15(9-13)21-17(20)16(11-19)12-5-3-2-4-6-12;3-1-2(4)5/h2-6,13-16,19H,7-11H2,1H3;1,3H2,(H,4,5)/t13-,14+,15?,16?;. The maximum atomic E-state index is 12.4. The van der Waals surface area contributed by atoms with Gasteiger partial charge >= 0.3 is 11.9 Å². The Labute approximate surface area is 153 Å². The van der Waals surface area contributed by atoms with Gasteiger partial charge in [-0.3, -0.25) is 9.59 Å². The third-order valence-corrected chi connectivity index (χ3v) is 5.18. The number of fused-ring (bicyclic) bond motifs is 2. The molecule has 0 amide bonds. The number of aliphatic hydroxyl groups is 1. The molecule has 0 saturated carbocycles. The largest absolute Gasteiger partial charge is 0.480 e. The third-order valence-electron chi connectivity index (χ3n) is 5.18. The molecule has 0 spiro atoms. The molecule has 2 fully saturated rings. The predicted octanol–water partition coefficient (Wildman–Crippen LogP) is 0.961. The summed E-state index contributed by atoms with van der Waals surface area (Å²) in [5, 5.41) is 17.1. The van der Waals surface area contributed by atoms with Crippen molar-refractivity contribution in [3.8, 4) is 0 Å². The molecule has 0 aliphatic carbocycles. The van der Waals surface area contributed by atoms with Crippen LogP contribution >= 0.6 is 0 Å². The van der Waals surface area contributed by atoms with Crippen LogP contribution in [-0.2, 0) is 14.3 Å². The Morgan fingerprint density at radius 1 is 1.23 bits per heavy atom. The van der Waals surface area contributed by atoms with Crippen LogP contribution in [0.5, 0.6) is 0 Å². The topological polar surface area (TPSA) is 113 Å². The van der Waals surface area contributed by atoms with Crippen LogP contribution in [0.4, 0.5) is 0 Å². The second kappa shape index (κ2) is 9.66. The van der Waals surface area contributed by atoms with Gasteiger partial charge in [-0.25, -0.2) is 0 Å². The van der Waals surface area contributed by atoms with Gasteiger partial charge in [0.05, 0.1) is 13.2 Å². The fourth-order valence-corrected chi connectivity index (χ4v) is 3.71. The molecule has 7 nitrogen and oxygen atoms in total. The van der Waals surface area contributed by atoms with E-state index in [0.717, 1.165) is 18.4 Å². The zero-order valence-corrected chi connectivity index (χ0v) is 15.1. The summed E-state index contributed by atoms with van der Waals surface area (Å²) in [6.45, 7) is -0.484. The molecule has 2 bridgehead atoms. The first-order valence-corrected chi connectivity index (χ1v) is 8.96. The minimum absolute atomic E-state index is 0.00367. The van der Waals surface area contributed by atoms with Crippen LogP contribution in [0.3, 0.4) is 0 Å². The summed E-state index contributed by atoms with van der Waals surface area (Å²) < 4.78 is 5.70. The number of carboxylic acid groups (broad SMARTS) is 1. The number of piperidine rings is 1. The first-order valence-electron chi connectivity index (χ1n) is 8.96. The number of rotatable bonds is 5. The number of ether oxygens (including phenoxy) is 1. The van der Waals surface area contributed by atoms with Crippen molar-refractivity contribution in [1.82, 2.24) is 4.90 Å². The van der Waals surface area contributed by atoms with Crippen molar-refractivity contribution < 1.29 is 24.5 Å². The van der Waals surface area contributed by atoms with Crippen LogP contribution in [0.2, 0.25) is 0 Å². The number of benzene rings is 1. The Kier molecular flexibility index (Phi) is 7.56. The lowest BCUT2D eigenvalue weighted by molar-refractivity contribution is -0.155. The highest BCUT2D eigenvalue weighted by molar-refractivity contribution is 5.78. The van der Waals surface area contributed by atoms with Crippen LogP contribution in [0.1, 0.15) is 37.2 Å². The second-order valence-corrected chi connectivity index (χ2v) is 6.82. The van der Waals surface area contributed by atoms with E-state index in [1.807, 2.05) is 30.3 Å². The van der Waals surface area contributed by atoms with E-state index in [0.29, 0.717) is 12.1 Å². The van der Waals surface area contributed by atoms with Crippen molar-refractivity contribution in [2.24, 2.45) is 5.73 Å². The molecular weight excluding hydrogens is 336 g/mol. The fourth-order valence-electron chi connectivity index (χ4n) is 3.71. The Balaban J connectivity index is 0.000000431. The number of nitrogens with zero attached hydrogens (tertiary/aromatic N) is 1. The number of nitrogens with two attached hydrogens (primary N) is 1. The SMILES string of the molecule is CN1[C@@H]2CC[C@H]1CC(OC(=O)C(CO)c1ccccc1)C2.NCC(=O)O. The number of carboxylic acids is 1. The molecule has 144 valence electrons. The quantitative estimate of drug-likeness (QED) is 0.667. The molecule has 4 N–H and O–H groups in total. The van der Waals surface area contributed by atoms with Gasteiger partial charge in [-0.15, -0.1) is 0 Å². The summed E-state index contributed by atoms with van der Waals surface area (Å²) in [4.78, 5) is 24.0. The highest BCUT2D eigenvalue weighted by Crippen LogP contribution is 2.36. The minimum Gasteiger partial charge on any atom is -0.480 e. The molecule has 7 heteroatoms. The predicted molar refractivity (Wildman–Crippen MR) is 96.6 cm³/mol. The van der Waals surface area contributed by atoms with Crippen molar-refractivity contribution >= 4 is 11.9 Å². The zero-order chi connectivity index (χ0) is 19.1. The van der Waals surface area contributed by atoms with E-state index in [9.17, 15) is 14.7 Å². The zero-order valence-electron chi connectivity index (χ0n) is 15.1. The number of aliphatic carboxylic acids is 1. The van der Waals surface area contributed by atoms with Crippen molar-refractivity contribution in [2.75, 3.05) is 20.2 Å². The van der Waals surface area contributed by atoms with Gasteiger partial charge in [-0.2, -0.15) is 0 Å². The number of hydrogen-bond donors (Lipinski definition) is 3. The number of aliphatic hydroxyl groups excluding tert-OH is 1. The van der Waals surface area contributed by atoms with E-state index >= 15 is 0 Å². The van der Waals surface area contributed by atoms with E-state index in [4.69, 9.17) is 9.84 Å². The molecule has 2 aliphatic rings. The summed E-state index contributed by atoms with van der Waals surface area (Å²) in [7, 11) is 2.17. The Morgan fingerprint density at radius 3 is 2.23 bits per heavy atom. The summed E-state index contributed by atoms with van der Waals surface area (Å²) in [6.07, 6.45) is 4.26. The molecule has 2 heterocycles. The highest BCUT2D eigenvalue weighted by Gasteiger charge is 2.40. The van der Waals surface area contributed by atoms with E-state index < -0.39 is 11.9 Å². The summed E-state index contributed by atoms with van der Waals surface area (Å²) in [5.41, 5.74) is 5.39. The minimum atomic E-state index is -0.968. The van der Waals surface area contributed by atoms with Crippen molar-refractivity contribution in [2.45, 2.75) is 49.8 Å². The molecule has 26 heavy (non-hydrogen) atoms. The molecule has 1 aromatic rings. The molecule has 1 aromatic carbocycles. The molecule has 2 aliphatic heterocycles. The number of carbonyl (C=O) groups is 2. The normalized spacial score (nSPS) is 25.7. The maximum absolute atomic E-state index is 12.4. The van der Waals surface area contributed by atoms with Crippen LogP contribution in [-0.4, -0.2) is 65.4 Å². The molecule has 0 radical (unpaired) electrons. The molecule has 2 saturated heterocycles. The highest BCUT2D eigenvalue weighted by atomic mass is 16.5. The molecular formula is C19H28N2O5. The first-order chi connectivity index (χ1) is 12.5. The lowest BCUT2D eigenvalue weighted by Gasteiger charge is -2.36. The molecule has 2 unspecified atom stereocenters. The van der Waals surface area contributed by atoms with Gasteiger partial charge in [0.2, 0.25) is 0 Å². The summed E-state index contributed by atoms with van der Waals surface area (Å²) in [5.74, 6) is -1.83. The average Bonchev–Trinajstić information content (AvgIpc) is 2.84. The van der Waals surface area contributed by atoms with E-state index in [-0.39, 0.29) is 25.2 Å². The molecule has 3 rings (SSSR count). The lowest BCUT2D eigenvalue weighted by Crippen LogP contribution is -2.43. The third kappa shape index (κ3) is 5.27. The van der Waals surface area contributed by atoms with Crippen molar-refractivity contribution in [3.63, 3.8) is 0 Å². The Hall–Kier alpha value is -1.96. The smallest absolute Gasteiger partial charge is 0.317 e. The first kappa shape index (κ1) is 20.4. The van der Waals surface area contributed by atoms with Gasteiger partial charge in [-0.05, 0) is 38.3 Å². The lowest BCUT2D eigenvalue weighted by atomic mass is 9.98. The van der Waals surface area contributed by atoms with Crippen LogP contribution in [0.15, 0.2) is 30.3 Å². The van der Waals surface area contributed by atoms with E-state index in [2.05, 4.69) is 17.7 Å². The number of carbonyl (C=O) groups excluding carboxylic acids is 1. The molecule has 0 aromatic heterocycles. The summed E-state index contributed by atoms with van der Waals surface area (Å²) >= 11 is 0. The molecule has 4 atom stereocenters. The monoisotopic (exact) mass is 364 g/mol. The van der Waals surface area contributed by atoms with Crippen molar-refractivity contribution in [1.29, 1.82) is 0 Å². The summed E-state index contributed by atoms with van der Waals surface area (Å²) in [6, 6.07) is 10.5. The van der Waals surface area contributed by atoms with Gasteiger partial charge in [0.15, 0.2) is 0 Å². The maximum Gasteiger partial charge on any atom is 0.317 e. The van der Waals surface area contributed by atoms with Crippen LogP contribution in [0.25, 0.3) is 0 Å². The average molecular weight is 364 g/mol. The number of hydrogen-bond acceptors (Lipinski definition) is 6. The second-order valence-electron chi connectivity index (χ2n) is 6.82. The number of esters is 1. The van der Waals surface area contributed by atoms with Crippen LogP contribution in [0, 0.1) is 0 Å². The fraction of sp³-hybridized carbons (Fsp3) is 0.579. The van der Waals surface area contributed by atoms with Crippen LogP contribution < -0.4 is 5.73 Å². The van der Waals surface area contributed by atoms with Gasteiger partial charge in [0, 0.05) is 12.1 Å². The van der Waals surface area contributed by atoms with Gasteiger partial charge in [-0.1, -0.05) is 30.3 Å².